The van der Waals surface area contributed by atoms with Crippen LogP contribution in [0.1, 0.15) is 22.8 Å². The number of nitrogens with one attached hydrogen (secondary N) is 1. The average molecular weight is 371 g/mol. The zero-order chi connectivity index (χ0) is 18.0. The van der Waals surface area contributed by atoms with E-state index in [-0.39, 0.29) is 10.7 Å². The van der Waals surface area contributed by atoms with E-state index in [2.05, 4.69) is 4.72 Å². The molecule has 0 saturated carbocycles. The minimum absolute atomic E-state index is 0.164. The van der Waals surface area contributed by atoms with Crippen molar-refractivity contribution in [1.29, 1.82) is 0 Å². The van der Waals surface area contributed by atoms with E-state index in [4.69, 9.17) is 0 Å². The Morgan fingerprint density at radius 1 is 0.960 bits per heavy atom. The third-order valence-corrected chi connectivity index (χ3v) is 6.57. The zero-order valence-corrected chi connectivity index (χ0v) is 15.4. The number of thiophene rings is 1. The van der Waals surface area contributed by atoms with Gasteiger partial charge in [-0.25, -0.2) is 8.42 Å². The molecule has 0 saturated heterocycles. The average Bonchev–Trinajstić information content (AvgIpc) is 2.92. The minimum atomic E-state index is -3.75. The number of rotatable bonds is 5. The summed E-state index contributed by atoms with van der Waals surface area (Å²) in [4.78, 5) is 13.2. The van der Waals surface area contributed by atoms with E-state index >= 15 is 0 Å². The molecular formula is C19H17NO3S2. The van der Waals surface area contributed by atoms with Crippen LogP contribution >= 0.6 is 11.3 Å². The van der Waals surface area contributed by atoms with Crippen LogP contribution < -0.4 is 4.72 Å². The smallest absolute Gasteiger partial charge is 0.262 e. The van der Waals surface area contributed by atoms with Crippen LogP contribution in [0.2, 0.25) is 0 Å². The molecule has 1 N–H and O–H groups in total. The Bertz CT molecular complexity index is 1010. The van der Waals surface area contributed by atoms with Gasteiger partial charge in [0.05, 0.1) is 10.5 Å². The van der Waals surface area contributed by atoms with Crippen molar-refractivity contribution < 1.29 is 13.2 Å². The molecule has 2 aromatic carbocycles. The van der Waals surface area contributed by atoms with Crippen LogP contribution in [0, 0.1) is 6.92 Å². The van der Waals surface area contributed by atoms with Crippen LogP contribution in [0.15, 0.2) is 65.6 Å². The molecule has 0 fully saturated rings. The van der Waals surface area contributed by atoms with E-state index in [1.165, 1.54) is 30.4 Å². The van der Waals surface area contributed by atoms with Gasteiger partial charge < -0.3 is 0 Å². The van der Waals surface area contributed by atoms with Gasteiger partial charge in [0.15, 0.2) is 5.78 Å². The maximum absolute atomic E-state index is 12.6. The standard InChI is InChI=1S/C19H17NO3S2/c1-13-17(14(2)21)19(24-18(13)15-9-5-3-6-10-15)20-25(22,23)16-11-7-4-8-12-16/h3-12,20H,1-2H3. The SMILES string of the molecule is CC(=O)c1c(NS(=O)(=O)c2ccccc2)sc(-c2ccccc2)c1C. The molecule has 4 nitrogen and oxygen atoms in total. The van der Waals surface area contributed by atoms with Crippen LogP contribution in [0.5, 0.6) is 0 Å². The predicted molar refractivity (Wildman–Crippen MR) is 102 cm³/mol. The van der Waals surface area contributed by atoms with Crippen LogP contribution in [-0.4, -0.2) is 14.2 Å². The van der Waals surface area contributed by atoms with Gasteiger partial charge in [-0.1, -0.05) is 48.5 Å². The monoisotopic (exact) mass is 371 g/mol. The second-order valence-corrected chi connectivity index (χ2v) is 8.30. The number of sulfonamides is 1. The van der Waals surface area contributed by atoms with Gasteiger partial charge in [0.2, 0.25) is 0 Å². The number of hydrogen-bond donors (Lipinski definition) is 1. The molecule has 0 aliphatic rings. The quantitative estimate of drug-likeness (QED) is 0.660. The first-order valence-electron chi connectivity index (χ1n) is 7.68. The Labute approximate surface area is 151 Å². The number of benzene rings is 2. The number of Topliss-reactive ketones (excluding diaryl/α,β-unsaturated/α-hetero) is 1. The van der Waals surface area contributed by atoms with Gasteiger partial charge in [0.1, 0.15) is 5.00 Å². The first-order valence-corrected chi connectivity index (χ1v) is 9.97. The summed E-state index contributed by atoms with van der Waals surface area (Å²) in [5.41, 5.74) is 2.16. The summed E-state index contributed by atoms with van der Waals surface area (Å²) in [5, 5.41) is 0.354. The Hall–Kier alpha value is -2.44. The van der Waals surface area contributed by atoms with Crippen LogP contribution in [-0.2, 0) is 10.0 Å². The van der Waals surface area contributed by atoms with Crippen molar-refractivity contribution >= 4 is 32.1 Å². The van der Waals surface area contributed by atoms with Crippen molar-refractivity contribution in [2.45, 2.75) is 18.7 Å². The molecule has 0 bridgehead atoms. The molecule has 3 aromatic rings. The van der Waals surface area contributed by atoms with Crippen molar-refractivity contribution in [1.82, 2.24) is 0 Å². The second-order valence-electron chi connectivity index (χ2n) is 5.60. The fraction of sp³-hybridized carbons (Fsp3) is 0.105. The van der Waals surface area contributed by atoms with Crippen LogP contribution in [0.4, 0.5) is 5.00 Å². The minimum Gasteiger partial charge on any atom is -0.294 e. The Morgan fingerprint density at radius 2 is 1.52 bits per heavy atom. The fourth-order valence-corrected chi connectivity index (χ4v) is 5.24. The molecule has 0 aliphatic carbocycles. The number of carbonyl (C=O) groups is 1. The summed E-state index contributed by atoms with van der Waals surface area (Å²) in [6.45, 7) is 3.29. The van der Waals surface area contributed by atoms with E-state index in [1.54, 1.807) is 18.2 Å². The van der Waals surface area contributed by atoms with Crippen LogP contribution in [0.25, 0.3) is 10.4 Å². The highest BCUT2D eigenvalue weighted by Gasteiger charge is 2.23. The van der Waals surface area contributed by atoms with E-state index in [0.717, 1.165) is 16.0 Å². The summed E-state index contributed by atoms with van der Waals surface area (Å²) in [6.07, 6.45) is 0. The highest BCUT2D eigenvalue weighted by atomic mass is 32.2. The maximum atomic E-state index is 12.6. The van der Waals surface area contributed by atoms with Gasteiger partial charge in [0.25, 0.3) is 10.0 Å². The molecule has 1 aromatic heterocycles. The lowest BCUT2D eigenvalue weighted by molar-refractivity contribution is 0.101. The molecule has 128 valence electrons. The summed E-state index contributed by atoms with van der Waals surface area (Å²) in [7, 11) is -3.75. The van der Waals surface area contributed by atoms with Gasteiger partial charge in [-0.05, 0) is 37.1 Å². The van der Waals surface area contributed by atoms with Crippen molar-refractivity contribution in [2.75, 3.05) is 4.72 Å². The summed E-state index contributed by atoms with van der Waals surface area (Å²) in [5.74, 6) is -0.165. The van der Waals surface area contributed by atoms with Gasteiger partial charge in [-0.3, -0.25) is 9.52 Å². The van der Waals surface area contributed by atoms with Gasteiger partial charge in [0, 0.05) is 4.88 Å². The largest absolute Gasteiger partial charge is 0.294 e. The Morgan fingerprint density at radius 3 is 2.08 bits per heavy atom. The topological polar surface area (TPSA) is 63.2 Å². The molecule has 1 heterocycles. The van der Waals surface area contributed by atoms with E-state index in [1.807, 2.05) is 37.3 Å². The van der Waals surface area contributed by atoms with Crippen molar-refractivity contribution in [3.63, 3.8) is 0 Å². The number of anilines is 1. The third-order valence-electron chi connectivity index (χ3n) is 3.82. The molecule has 6 heteroatoms. The lowest BCUT2D eigenvalue weighted by atomic mass is 10.0. The van der Waals surface area contributed by atoms with Crippen molar-refractivity contribution in [2.24, 2.45) is 0 Å². The number of ketones is 1. The summed E-state index contributed by atoms with van der Waals surface area (Å²) >= 11 is 1.28. The van der Waals surface area contributed by atoms with E-state index in [0.29, 0.717) is 10.6 Å². The predicted octanol–water partition coefficient (Wildman–Crippen LogP) is 4.73. The lowest BCUT2D eigenvalue weighted by Crippen LogP contribution is -2.13. The first-order chi connectivity index (χ1) is 11.9. The molecule has 0 unspecified atom stereocenters. The molecule has 0 radical (unpaired) electrons. The summed E-state index contributed by atoms with van der Waals surface area (Å²) < 4.78 is 27.8. The first kappa shape index (κ1) is 17.4. The van der Waals surface area contributed by atoms with Crippen molar-refractivity contribution in [3.05, 3.63) is 71.8 Å². The van der Waals surface area contributed by atoms with Crippen molar-refractivity contribution in [3.8, 4) is 10.4 Å². The maximum Gasteiger partial charge on any atom is 0.262 e. The van der Waals surface area contributed by atoms with E-state index in [9.17, 15) is 13.2 Å². The van der Waals surface area contributed by atoms with Gasteiger partial charge in [-0.2, -0.15) is 0 Å². The van der Waals surface area contributed by atoms with Crippen LogP contribution in [0.3, 0.4) is 0 Å². The second kappa shape index (κ2) is 6.82. The van der Waals surface area contributed by atoms with Gasteiger partial charge >= 0.3 is 0 Å². The number of carbonyl (C=O) groups excluding carboxylic acids is 1. The molecule has 25 heavy (non-hydrogen) atoms. The molecule has 0 atom stereocenters. The van der Waals surface area contributed by atoms with Gasteiger partial charge in [-0.15, -0.1) is 11.3 Å². The fourth-order valence-electron chi connectivity index (χ4n) is 2.65. The zero-order valence-electron chi connectivity index (χ0n) is 13.8. The molecule has 0 amide bonds. The normalized spacial score (nSPS) is 11.3. The lowest BCUT2D eigenvalue weighted by Gasteiger charge is -2.07. The molecule has 0 aliphatic heterocycles. The molecule has 0 spiro atoms. The summed E-state index contributed by atoms with van der Waals surface area (Å²) in [6, 6.07) is 17.7. The third kappa shape index (κ3) is 3.50. The highest BCUT2D eigenvalue weighted by Crippen LogP contribution is 2.40. The Kier molecular flexibility index (Phi) is 4.74. The molecule has 3 rings (SSSR count). The molecular weight excluding hydrogens is 354 g/mol. The number of hydrogen-bond acceptors (Lipinski definition) is 4. The Balaban J connectivity index is 2.09. The van der Waals surface area contributed by atoms with E-state index < -0.39 is 10.0 Å². The highest BCUT2D eigenvalue weighted by molar-refractivity contribution is 7.93.